The van der Waals surface area contributed by atoms with Crippen LogP contribution in [0.1, 0.15) is 80.0 Å². The fourth-order valence-electron chi connectivity index (χ4n) is 4.26. The molecule has 2 aliphatic rings. The normalized spacial score (nSPS) is 16.4. The molecule has 1 saturated carbocycles. The molecule has 1 aliphatic heterocycles. The van der Waals surface area contributed by atoms with Crippen molar-refractivity contribution < 1.29 is 9.59 Å². The Morgan fingerprint density at radius 3 is 2.40 bits per heavy atom. The van der Waals surface area contributed by atoms with E-state index in [1.165, 1.54) is 0 Å². The SMILES string of the molecule is CCC(=O)N1CC(CC(=O)c2c(C3CC3)c(-c3ccc(C#N)cc3)nn2C(C)C)C1. The van der Waals surface area contributed by atoms with Gasteiger partial charge in [0.1, 0.15) is 5.69 Å². The second-order valence-electron chi connectivity index (χ2n) is 8.76. The lowest BCUT2D eigenvalue weighted by Crippen LogP contribution is -2.50. The van der Waals surface area contributed by atoms with E-state index in [1.54, 1.807) is 12.1 Å². The minimum atomic E-state index is 0.0770. The van der Waals surface area contributed by atoms with Crippen molar-refractivity contribution in [2.24, 2.45) is 5.92 Å². The van der Waals surface area contributed by atoms with E-state index < -0.39 is 0 Å². The van der Waals surface area contributed by atoms with Gasteiger partial charge in [0.25, 0.3) is 0 Å². The molecular formula is C24H28N4O2. The number of nitriles is 1. The van der Waals surface area contributed by atoms with Crippen molar-refractivity contribution in [3.8, 4) is 17.3 Å². The number of ketones is 1. The van der Waals surface area contributed by atoms with Crippen LogP contribution in [-0.4, -0.2) is 39.5 Å². The number of carbonyl (C=O) groups is 2. The van der Waals surface area contributed by atoms with Gasteiger partial charge in [-0.2, -0.15) is 10.4 Å². The van der Waals surface area contributed by atoms with E-state index in [4.69, 9.17) is 10.4 Å². The number of carbonyl (C=O) groups excluding carboxylic acids is 2. The Labute approximate surface area is 177 Å². The van der Waals surface area contributed by atoms with Gasteiger partial charge >= 0.3 is 0 Å². The summed E-state index contributed by atoms with van der Waals surface area (Å²) in [6, 6.07) is 9.68. The summed E-state index contributed by atoms with van der Waals surface area (Å²) in [5.74, 6) is 0.898. The highest BCUT2D eigenvalue weighted by Gasteiger charge is 2.38. The molecule has 1 aromatic heterocycles. The Balaban J connectivity index is 1.65. The highest BCUT2D eigenvalue weighted by atomic mass is 16.2. The maximum Gasteiger partial charge on any atom is 0.222 e. The molecule has 2 heterocycles. The zero-order chi connectivity index (χ0) is 21.4. The summed E-state index contributed by atoms with van der Waals surface area (Å²) >= 11 is 0. The quantitative estimate of drug-likeness (QED) is 0.644. The first-order chi connectivity index (χ1) is 14.4. The summed E-state index contributed by atoms with van der Waals surface area (Å²) in [7, 11) is 0. The number of Topliss-reactive ketones (excluding diaryl/α,β-unsaturated/α-hetero) is 1. The van der Waals surface area contributed by atoms with E-state index in [0.717, 1.165) is 35.4 Å². The third kappa shape index (κ3) is 3.77. The molecule has 0 unspecified atom stereocenters. The predicted octanol–water partition coefficient (Wildman–Crippen LogP) is 4.32. The van der Waals surface area contributed by atoms with E-state index in [-0.39, 0.29) is 23.7 Å². The van der Waals surface area contributed by atoms with E-state index in [9.17, 15) is 9.59 Å². The minimum absolute atomic E-state index is 0.0770. The molecule has 1 saturated heterocycles. The zero-order valence-corrected chi connectivity index (χ0v) is 17.9. The number of likely N-dealkylation sites (tertiary alicyclic amines) is 1. The van der Waals surface area contributed by atoms with Gasteiger partial charge in [-0.1, -0.05) is 19.1 Å². The molecule has 0 radical (unpaired) electrons. The van der Waals surface area contributed by atoms with Gasteiger partial charge in [0.05, 0.1) is 17.3 Å². The van der Waals surface area contributed by atoms with Crippen molar-refractivity contribution in [1.82, 2.24) is 14.7 Å². The summed E-state index contributed by atoms with van der Waals surface area (Å²) in [5, 5.41) is 14.0. The molecule has 0 atom stereocenters. The summed E-state index contributed by atoms with van der Waals surface area (Å²) in [4.78, 5) is 27.0. The van der Waals surface area contributed by atoms with Gasteiger partial charge in [-0.25, -0.2) is 0 Å². The van der Waals surface area contributed by atoms with Crippen LogP contribution in [0.15, 0.2) is 24.3 Å². The van der Waals surface area contributed by atoms with Crippen molar-refractivity contribution in [1.29, 1.82) is 5.26 Å². The smallest absolute Gasteiger partial charge is 0.222 e. The van der Waals surface area contributed by atoms with Gasteiger partial charge in [0, 0.05) is 49.0 Å². The highest BCUT2D eigenvalue weighted by Crippen LogP contribution is 2.47. The average molecular weight is 405 g/mol. The molecule has 30 heavy (non-hydrogen) atoms. The largest absolute Gasteiger partial charge is 0.342 e. The van der Waals surface area contributed by atoms with Crippen molar-refractivity contribution in [3.63, 3.8) is 0 Å². The van der Waals surface area contributed by atoms with Crippen LogP contribution in [-0.2, 0) is 4.79 Å². The summed E-state index contributed by atoms with van der Waals surface area (Å²) < 4.78 is 1.89. The molecule has 4 rings (SSSR count). The molecule has 6 heteroatoms. The number of hydrogen-bond acceptors (Lipinski definition) is 4. The summed E-state index contributed by atoms with van der Waals surface area (Å²) in [5.41, 5.74) is 4.25. The lowest BCUT2D eigenvalue weighted by atomic mass is 9.90. The molecule has 2 fully saturated rings. The molecule has 156 valence electrons. The van der Waals surface area contributed by atoms with Crippen molar-refractivity contribution in [2.75, 3.05) is 13.1 Å². The second-order valence-corrected chi connectivity index (χ2v) is 8.76. The van der Waals surface area contributed by atoms with Crippen LogP contribution >= 0.6 is 0 Å². The monoisotopic (exact) mass is 404 g/mol. The molecule has 2 aromatic rings. The zero-order valence-electron chi connectivity index (χ0n) is 17.9. The Morgan fingerprint density at radius 1 is 1.20 bits per heavy atom. The average Bonchev–Trinajstić information content (AvgIpc) is 3.48. The molecule has 6 nitrogen and oxygen atoms in total. The maximum atomic E-state index is 13.4. The first-order valence-corrected chi connectivity index (χ1v) is 10.9. The highest BCUT2D eigenvalue weighted by molar-refractivity contribution is 5.98. The second kappa shape index (κ2) is 8.06. The fourth-order valence-corrected chi connectivity index (χ4v) is 4.26. The Morgan fingerprint density at radius 2 is 1.87 bits per heavy atom. The van der Waals surface area contributed by atoms with Crippen molar-refractivity contribution in [2.45, 2.75) is 58.4 Å². The maximum absolute atomic E-state index is 13.4. The lowest BCUT2D eigenvalue weighted by Gasteiger charge is -2.39. The van der Waals surface area contributed by atoms with E-state index in [0.29, 0.717) is 37.4 Å². The van der Waals surface area contributed by atoms with Crippen LogP contribution in [0.3, 0.4) is 0 Å². The minimum Gasteiger partial charge on any atom is -0.342 e. The van der Waals surface area contributed by atoms with E-state index >= 15 is 0 Å². The van der Waals surface area contributed by atoms with Gasteiger partial charge in [0.15, 0.2) is 5.78 Å². The molecular weight excluding hydrogens is 376 g/mol. The van der Waals surface area contributed by atoms with Crippen molar-refractivity contribution in [3.05, 3.63) is 41.1 Å². The number of rotatable bonds is 7. The molecule has 1 aromatic carbocycles. The third-order valence-electron chi connectivity index (χ3n) is 6.06. The van der Waals surface area contributed by atoms with Crippen LogP contribution in [0.2, 0.25) is 0 Å². The summed E-state index contributed by atoms with van der Waals surface area (Å²) in [6.45, 7) is 7.32. The first kappa shape index (κ1) is 20.3. The molecule has 0 N–H and O–H groups in total. The number of amides is 1. The molecule has 1 aliphatic carbocycles. The number of nitrogens with zero attached hydrogens (tertiary/aromatic N) is 4. The van der Waals surface area contributed by atoms with Crippen LogP contribution in [0, 0.1) is 17.2 Å². The standard InChI is InChI=1S/C24H28N4O2/c1-4-21(30)27-13-17(14-27)11-20(29)24-22(18-9-10-18)23(26-28(24)15(2)3)19-7-5-16(12-25)6-8-19/h5-8,15,17-18H,4,9-11,13-14H2,1-3H3. The third-order valence-corrected chi connectivity index (χ3v) is 6.06. The van der Waals surface area contributed by atoms with E-state index in [2.05, 4.69) is 6.07 Å². The number of hydrogen-bond donors (Lipinski definition) is 0. The number of benzene rings is 1. The van der Waals surface area contributed by atoms with Gasteiger partial charge in [-0.15, -0.1) is 0 Å². The molecule has 0 bridgehead atoms. The topological polar surface area (TPSA) is 79.0 Å². The van der Waals surface area contributed by atoms with Crippen LogP contribution in [0.25, 0.3) is 11.3 Å². The van der Waals surface area contributed by atoms with Crippen LogP contribution in [0.4, 0.5) is 0 Å². The Hall–Kier alpha value is -2.94. The first-order valence-electron chi connectivity index (χ1n) is 10.9. The molecule has 0 spiro atoms. The van der Waals surface area contributed by atoms with Gasteiger partial charge in [0.2, 0.25) is 5.91 Å². The van der Waals surface area contributed by atoms with Crippen LogP contribution in [0.5, 0.6) is 0 Å². The number of aromatic nitrogens is 2. The van der Waals surface area contributed by atoms with Gasteiger partial charge in [-0.3, -0.25) is 14.3 Å². The predicted molar refractivity (Wildman–Crippen MR) is 114 cm³/mol. The molecule has 1 amide bonds. The fraction of sp³-hybridized carbons (Fsp3) is 0.500. The lowest BCUT2D eigenvalue weighted by molar-refractivity contribution is -0.137. The van der Waals surface area contributed by atoms with Gasteiger partial charge < -0.3 is 4.90 Å². The summed E-state index contributed by atoms with van der Waals surface area (Å²) in [6.07, 6.45) is 3.13. The van der Waals surface area contributed by atoms with Crippen molar-refractivity contribution >= 4 is 11.7 Å². The Bertz CT molecular complexity index is 1000. The van der Waals surface area contributed by atoms with E-state index in [1.807, 2.05) is 42.5 Å². The Kier molecular flexibility index (Phi) is 5.46. The van der Waals surface area contributed by atoms with Crippen LogP contribution < -0.4 is 0 Å². The van der Waals surface area contributed by atoms with Gasteiger partial charge in [-0.05, 0) is 44.7 Å².